The second-order valence-electron chi connectivity index (χ2n) is 4.76. The molecular formula is C13H11BrFN3O. The van der Waals surface area contributed by atoms with Crippen LogP contribution in [0.1, 0.15) is 25.5 Å². The van der Waals surface area contributed by atoms with Crippen molar-refractivity contribution in [3.63, 3.8) is 0 Å². The van der Waals surface area contributed by atoms with Gasteiger partial charge in [0.2, 0.25) is 0 Å². The van der Waals surface area contributed by atoms with Gasteiger partial charge in [-0.15, -0.1) is 0 Å². The fraction of sp³-hybridized carbons (Fsp3) is 0.231. The predicted octanol–water partition coefficient (Wildman–Crippen LogP) is 3.43. The largest absolute Gasteiger partial charge is 0.323 e. The van der Waals surface area contributed by atoms with Gasteiger partial charge in [-0.1, -0.05) is 13.8 Å². The highest BCUT2D eigenvalue weighted by Crippen LogP contribution is 2.30. The monoisotopic (exact) mass is 323 g/mol. The van der Waals surface area contributed by atoms with Gasteiger partial charge in [-0.05, 0) is 27.9 Å². The number of aromatic nitrogens is 3. The normalized spacial score (nSPS) is 11.8. The average molecular weight is 324 g/mol. The van der Waals surface area contributed by atoms with Crippen LogP contribution in [-0.4, -0.2) is 15.0 Å². The van der Waals surface area contributed by atoms with Gasteiger partial charge < -0.3 is 9.97 Å². The van der Waals surface area contributed by atoms with E-state index in [0.717, 1.165) is 5.69 Å². The lowest BCUT2D eigenvalue weighted by Gasteiger charge is -2.09. The fourth-order valence-corrected chi connectivity index (χ4v) is 2.55. The summed E-state index contributed by atoms with van der Waals surface area (Å²) in [5.74, 6) is -0.239. The van der Waals surface area contributed by atoms with E-state index in [4.69, 9.17) is 0 Å². The first-order valence-corrected chi connectivity index (χ1v) is 6.67. The molecule has 0 spiro atoms. The minimum atomic E-state index is -0.369. The van der Waals surface area contributed by atoms with E-state index in [1.807, 2.05) is 13.8 Å². The molecule has 4 nitrogen and oxygen atoms in total. The third kappa shape index (κ3) is 1.87. The Morgan fingerprint density at radius 3 is 2.63 bits per heavy atom. The van der Waals surface area contributed by atoms with E-state index in [1.54, 1.807) is 6.07 Å². The number of halogens is 2. The molecule has 1 aromatic carbocycles. The van der Waals surface area contributed by atoms with Gasteiger partial charge in [-0.25, -0.2) is 9.18 Å². The number of hydrogen-bond donors (Lipinski definition) is 2. The van der Waals surface area contributed by atoms with Crippen LogP contribution in [-0.2, 0) is 0 Å². The highest BCUT2D eigenvalue weighted by Gasteiger charge is 2.15. The van der Waals surface area contributed by atoms with E-state index in [1.165, 1.54) is 6.07 Å². The number of nitrogens with one attached hydrogen (secondary N) is 2. The van der Waals surface area contributed by atoms with Gasteiger partial charge in [0.1, 0.15) is 5.82 Å². The van der Waals surface area contributed by atoms with E-state index in [0.29, 0.717) is 26.4 Å². The van der Waals surface area contributed by atoms with Crippen LogP contribution < -0.4 is 5.69 Å². The molecule has 2 aromatic heterocycles. The van der Waals surface area contributed by atoms with Gasteiger partial charge in [0.15, 0.2) is 0 Å². The van der Waals surface area contributed by atoms with Crippen LogP contribution in [0.3, 0.4) is 0 Å². The standard InChI is InChI=1S/C13H11BrFN3O/c1-5(2)10-12-11(17-13(19)18-12)6-3-7(14)8(15)4-9(6)16-10/h3-5H,1-2H3,(H2,17,18,19). The molecular weight excluding hydrogens is 313 g/mol. The molecule has 0 unspecified atom stereocenters. The summed E-state index contributed by atoms with van der Waals surface area (Å²) in [6, 6.07) is 3.00. The highest BCUT2D eigenvalue weighted by atomic mass is 79.9. The Kier molecular flexibility index (Phi) is 2.70. The summed E-state index contributed by atoms with van der Waals surface area (Å²) in [5, 5.41) is 0.714. The van der Waals surface area contributed by atoms with E-state index in [-0.39, 0.29) is 17.4 Å². The zero-order valence-corrected chi connectivity index (χ0v) is 11.9. The van der Waals surface area contributed by atoms with E-state index < -0.39 is 0 Å². The summed E-state index contributed by atoms with van der Waals surface area (Å²) in [4.78, 5) is 21.5. The number of nitrogens with zero attached hydrogens (tertiary/aromatic N) is 1. The first kappa shape index (κ1) is 12.3. The molecule has 0 aliphatic rings. The lowest BCUT2D eigenvalue weighted by molar-refractivity contribution is 0.622. The number of benzene rings is 1. The molecule has 2 heterocycles. The van der Waals surface area contributed by atoms with Crippen molar-refractivity contribution in [1.29, 1.82) is 0 Å². The lowest BCUT2D eigenvalue weighted by atomic mass is 10.1. The molecule has 0 fully saturated rings. The summed E-state index contributed by atoms with van der Waals surface area (Å²) in [6.07, 6.45) is 0. The summed E-state index contributed by atoms with van der Waals surface area (Å²) < 4.78 is 14.0. The molecule has 0 saturated heterocycles. The maximum Gasteiger partial charge on any atom is 0.323 e. The van der Waals surface area contributed by atoms with Crippen LogP contribution in [0.5, 0.6) is 0 Å². The van der Waals surface area contributed by atoms with Crippen molar-refractivity contribution in [2.45, 2.75) is 19.8 Å². The van der Waals surface area contributed by atoms with E-state index in [2.05, 4.69) is 30.9 Å². The van der Waals surface area contributed by atoms with Gasteiger partial charge >= 0.3 is 5.69 Å². The maximum atomic E-state index is 13.6. The van der Waals surface area contributed by atoms with Gasteiger partial charge in [-0.2, -0.15) is 0 Å². The maximum absolute atomic E-state index is 13.6. The molecule has 6 heteroatoms. The van der Waals surface area contributed by atoms with Crippen molar-refractivity contribution in [2.75, 3.05) is 0 Å². The first-order chi connectivity index (χ1) is 8.97. The van der Waals surface area contributed by atoms with Gasteiger partial charge in [-0.3, -0.25) is 4.98 Å². The zero-order valence-electron chi connectivity index (χ0n) is 10.3. The number of fused-ring (bicyclic) bond motifs is 3. The number of pyridine rings is 1. The highest BCUT2D eigenvalue weighted by molar-refractivity contribution is 9.10. The fourth-order valence-electron chi connectivity index (χ4n) is 2.21. The minimum absolute atomic E-state index is 0.130. The number of H-pyrrole nitrogens is 2. The molecule has 0 amide bonds. The summed E-state index contributed by atoms with van der Waals surface area (Å²) in [5.41, 5.74) is 2.35. The van der Waals surface area contributed by atoms with Crippen molar-refractivity contribution < 1.29 is 4.39 Å². The van der Waals surface area contributed by atoms with Crippen molar-refractivity contribution in [3.8, 4) is 0 Å². The third-order valence-electron chi connectivity index (χ3n) is 3.08. The molecule has 0 aliphatic heterocycles. The van der Waals surface area contributed by atoms with Gasteiger partial charge in [0, 0.05) is 11.5 Å². The third-order valence-corrected chi connectivity index (χ3v) is 3.69. The van der Waals surface area contributed by atoms with Gasteiger partial charge in [0.25, 0.3) is 0 Å². The van der Waals surface area contributed by atoms with Crippen LogP contribution in [0.4, 0.5) is 4.39 Å². The molecule has 3 rings (SSSR count). The molecule has 0 bridgehead atoms. The molecule has 3 aromatic rings. The topological polar surface area (TPSA) is 61.5 Å². The number of rotatable bonds is 1. The van der Waals surface area contributed by atoms with E-state index >= 15 is 0 Å². The van der Waals surface area contributed by atoms with Crippen LogP contribution >= 0.6 is 15.9 Å². The van der Waals surface area contributed by atoms with E-state index in [9.17, 15) is 9.18 Å². The second kappa shape index (κ2) is 4.16. The Morgan fingerprint density at radius 2 is 1.95 bits per heavy atom. The quantitative estimate of drug-likeness (QED) is 0.720. The zero-order chi connectivity index (χ0) is 13.7. The molecule has 0 atom stereocenters. The Balaban J connectivity index is 2.57. The van der Waals surface area contributed by atoms with Crippen molar-refractivity contribution in [2.24, 2.45) is 0 Å². The number of imidazole rings is 1. The predicted molar refractivity (Wildman–Crippen MR) is 76.0 cm³/mol. The molecule has 2 N–H and O–H groups in total. The summed E-state index contributed by atoms with van der Waals surface area (Å²) >= 11 is 3.15. The minimum Gasteiger partial charge on any atom is -0.305 e. The lowest BCUT2D eigenvalue weighted by Crippen LogP contribution is -2.00. The Hall–Kier alpha value is -1.69. The van der Waals surface area contributed by atoms with Gasteiger partial charge in [0.05, 0.1) is 26.7 Å². The SMILES string of the molecule is CC(C)c1nc2cc(F)c(Br)cc2c2[nH]c(=O)[nH]c12. The van der Waals surface area contributed by atoms with Crippen molar-refractivity contribution in [1.82, 2.24) is 15.0 Å². The molecule has 0 aliphatic carbocycles. The molecule has 98 valence electrons. The van der Waals surface area contributed by atoms with Crippen molar-refractivity contribution in [3.05, 3.63) is 38.6 Å². The Labute approximate surface area is 116 Å². The Bertz CT molecular complexity index is 850. The average Bonchev–Trinajstić information content (AvgIpc) is 2.71. The second-order valence-corrected chi connectivity index (χ2v) is 5.62. The smallest absolute Gasteiger partial charge is 0.305 e. The summed E-state index contributed by atoms with van der Waals surface area (Å²) in [7, 11) is 0. The Morgan fingerprint density at radius 1 is 1.26 bits per heavy atom. The first-order valence-electron chi connectivity index (χ1n) is 5.88. The van der Waals surface area contributed by atoms with Crippen LogP contribution in [0.25, 0.3) is 21.9 Å². The van der Waals surface area contributed by atoms with Crippen LogP contribution in [0, 0.1) is 5.82 Å². The molecule has 0 radical (unpaired) electrons. The molecule has 19 heavy (non-hydrogen) atoms. The summed E-state index contributed by atoms with van der Waals surface area (Å²) in [6.45, 7) is 3.96. The molecule has 0 saturated carbocycles. The number of hydrogen-bond acceptors (Lipinski definition) is 2. The van der Waals surface area contributed by atoms with Crippen LogP contribution in [0.2, 0.25) is 0 Å². The van der Waals surface area contributed by atoms with Crippen molar-refractivity contribution >= 4 is 37.9 Å². The van der Waals surface area contributed by atoms with Crippen LogP contribution in [0.15, 0.2) is 21.4 Å². The number of aromatic amines is 2.